The van der Waals surface area contributed by atoms with E-state index in [1.807, 2.05) is 25.2 Å². The number of epoxide rings is 1. The zero-order valence-corrected chi connectivity index (χ0v) is 13.5. The summed E-state index contributed by atoms with van der Waals surface area (Å²) >= 11 is 0. The maximum Gasteiger partial charge on any atom is 0.333 e. The lowest BCUT2D eigenvalue weighted by Crippen LogP contribution is -2.09. The van der Waals surface area contributed by atoms with Gasteiger partial charge in [-0.2, -0.15) is 0 Å². The molecule has 0 bridgehead atoms. The molecule has 0 aliphatic carbocycles. The molecule has 0 saturated carbocycles. The molecule has 0 amide bonds. The van der Waals surface area contributed by atoms with Crippen molar-refractivity contribution in [1.29, 1.82) is 0 Å². The van der Waals surface area contributed by atoms with E-state index in [1.165, 1.54) is 0 Å². The fraction of sp³-hybridized carbons (Fsp3) is 0.412. The number of hydrogen-bond acceptors (Lipinski definition) is 5. The average Bonchev–Trinajstić information content (AvgIpc) is 3.29. The molecule has 0 N–H and O–H groups in total. The summed E-state index contributed by atoms with van der Waals surface area (Å²) in [5.74, 6) is -0.685. The van der Waals surface area contributed by atoms with Crippen LogP contribution in [0.2, 0.25) is 0 Å². The summed E-state index contributed by atoms with van der Waals surface area (Å²) in [7, 11) is 0. The lowest BCUT2D eigenvalue weighted by atomic mass is 10.4. The first-order valence-electron chi connectivity index (χ1n) is 6.93. The number of rotatable bonds is 7. The molecule has 1 saturated heterocycles. The highest BCUT2D eigenvalue weighted by molar-refractivity contribution is 5.87. The molecule has 5 heteroatoms. The third-order valence-electron chi connectivity index (χ3n) is 2.25. The number of carbonyl (C=O) groups excluding carboxylic acids is 2. The van der Waals surface area contributed by atoms with Crippen LogP contribution in [-0.4, -0.2) is 37.9 Å². The quantitative estimate of drug-likeness (QED) is 0.313. The summed E-state index contributed by atoms with van der Waals surface area (Å²) in [5, 5.41) is 0. The first-order valence-corrected chi connectivity index (χ1v) is 6.93. The van der Waals surface area contributed by atoms with E-state index in [0.29, 0.717) is 31.0 Å². The molecule has 1 aliphatic rings. The Morgan fingerprint density at radius 3 is 2.14 bits per heavy atom. The summed E-state index contributed by atoms with van der Waals surface area (Å²) < 4.78 is 14.4. The lowest BCUT2D eigenvalue weighted by Gasteiger charge is -1.99. The van der Waals surface area contributed by atoms with Gasteiger partial charge in [0, 0.05) is 11.1 Å². The Labute approximate surface area is 131 Å². The topological polar surface area (TPSA) is 65.1 Å². The number of hydrogen-bond donors (Lipinski definition) is 0. The first-order chi connectivity index (χ1) is 10.4. The molecule has 1 heterocycles. The second-order valence-corrected chi connectivity index (χ2v) is 4.67. The van der Waals surface area contributed by atoms with Gasteiger partial charge < -0.3 is 14.2 Å². The zero-order chi connectivity index (χ0) is 17.0. The average molecular weight is 308 g/mol. The molecule has 1 unspecified atom stereocenters. The first kappa shape index (κ1) is 19.9. The Hall–Kier alpha value is -2.14. The molecular weight excluding hydrogens is 284 g/mol. The van der Waals surface area contributed by atoms with Gasteiger partial charge >= 0.3 is 11.9 Å². The van der Waals surface area contributed by atoms with E-state index in [0.717, 1.165) is 0 Å². The van der Waals surface area contributed by atoms with Crippen LogP contribution in [0.3, 0.4) is 0 Å². The Bertz CT molecular complexity index is 456. The number of esters is 2. The van der Waals surface area contributed by atoms with Gasteiger partial charge in [0.15, 0.2) is 0 Å². The van der Waals surface area contributed by atoms with Crippen LogP contribution < -0.4 is 0 Å². The van der Waals surface area contributed by atoms with Crippen molar-refractivity contribution >= 4 is 11.9 Å². The zero-order valence-electron chi connectivity index (χ0n) is 13.5. The maximum absolute atomic E-state index is 10.8. The summed E-state index contributed by atoms with van der Waals surface area (Å²) in [4.78, 5) is 21.5. The van der Waals surface area contributed by atoms with Crippen molar-refractivity contribution in [2.75, 3.05) is 19.8 Å². The van der Waals surface area contributed by atoms with Gasteiger partial charge in [-0.25, -0.2) is 9.59 Å². The molecule has 1 atom stereocenters. The summed E-state index contributed by atoms with van der Waals surface area (Å²) in [6.07, 6.45) is 7.50. The van der Waals surface area contributed by atoms with Gasteiger partial charge in [-0.15, -0.1) is 0 Å². The summed E-state index contributed by atoms with van der Waals surface area (Å²) in [6.45, 7) is 13.4. The minimum atomic E-state index is -0.347. The molecule has 0 spiro atoms. The van der Waals surface area contributed by atoms with Crippen LogP contribution in [0, 0.1) is 0 Å². The van der Waals surface area contributed by atoms with Crippen molar-refractivity contribution < 1.29 is 23.8 Å². The summed E-state index contributed by atoms with van der Waals surface area (Å²) in [5.41, 5.74) is 0.857. The third kappa shape index (κ3) is 11.7. The second kappa shape index (κ2) is 11.5. The predicted octanol–water partition coefficient (Wildman–Crippen LogP) is 2.74. The van der Waals surface area contributed by atoms with Crippen LogP contribution in [0.25, 0.3) is 0 Å². The smallest absolute Gasteiger partial charge is 0.333 e. The van der Waals surface area contributed by atoms with Crippen LogP contribution in [0.4, 0.5) is 0 Å². The molecule has 0 radical (unpaired) electrons. The SMILES string of the molecule is C=C(C)C(=O)OCC1CO1.C=C(C)C(=O)OCC=CC=CC. The normalized spacial score (nSPS) is 15.9. The molecule has 122 valence electrons. The van der Waals surface area contributed by atoms with E-state index in [4.69, 9.17) is 14.2 Å². The molecule has 0 aromatic rings. The lowest BCUT2D eigenvalue weighted by molar-refractivity contribution is -0.139. The van der Waals surface area contributed by atoms with Crippen LogP contribution >= 0.6 is 0 Å². The molecular formula is C17H24O5. The molecule has 1 aliphatic heterocycles. The summed E-state index contributed by atoms with van der Waals surface area (Å²) in [6, 6.07) is 0. The van der Waals surface area contributed by atoms with Crippen molar-refractivity contribution in [2.45, 2.75) is 26.9 Å². The van der Waals surface area contributed by atoms with E-state index in [9.17, 15) is 9.59 Å². The van der Waals surface area contributed by atoms with E-state index in [2.05, 4.69) is 13.2 Å². The van der Waals surface area contributed by atoms with E-state index in [-0.39, 0.29) is 18.0 Å². The number of carbonyl (C=O) groups is 2. The van der Waals surface area contributed by atoms with E-state index < -0.39 is 0 Å². The van der Waals surface area contributed by atoms with Gasteiger partial charge in [0.05, 0.1) is 6.61 Å². The van der Waals surface area contributed by atoms with E-state index >= 15 is 0 Å². The van der Waals surface area contributed by atoms with Gasteiger partial charge in [-0.3, -0.25) is 0 Å². The third-order valence-corrected chi connectivity index (χ3v) is 2.25. The predicted molar refractivity (Wildman–Crippen MR) is 85.2 cm³/mol. The highest BCUT2D eigenvalue weighted by Gasteiger charge is 2.24. The molecule has 22 heavy (non-hydrogen) atoms. The van der Waals surface area contributed by atoms with Gasteiger partial charge in [-0.05, 0) is 26.8 Å². The Kier molecular flexibility index (Phi) is 10.4. The van der Waals surface area contributed by atoms with Gasteiger partial charge in [0.2, 0.25) is 0 Å². The standard InChI is InChI=1S/C10H14O2.C7H10O3/c1-4-5-6-7-8-12-10(11)9(2)3;1-5(2)7(8)10-4-6-3-9-6/h4-7H,2,8H2,1,3H3;6H,1,3-4H2,2H3. The van der Waals surface area contributed by atoms with Crippen LogP contribution in [-0.2, 0) is 23.8 Å². The van der Waals surface area contributed by atoms with Crippen molar-refractivity contribution in [3.8, 4) is 0 Å². The molecule has 1 rings (SSSR count). The van der Waals surface area contributed by atoms with Gasteiger partial charge in [0.25, 0.3) is 0 Å². The Morgan fingerprint density at radius 2 is 1.68 bits per heavy atom. The van der Waals surface area contributed by atoms with Gasteiger partial charge in [0.1, 0.15) is 19.3 Å². The second-order valence-electron chi connectivity index (χ2n) is 4.67. The van der Waals surface area contributed by atoms with Crippen molar-refractivity contribution in [2.24, 2.45) is 0 Å². The van der Waals surface area contributed by atoms with Crippen LogP contribution in [0.5, 0.6) is 0 Å². The number of allylic oxidation sites excluding steroid dienone is 3. The van der Waals surface area contributed by atoms with Crippen molar-refractivity contribution in [3.05, 3.63) is 48.6 Å². The number of ether oxygens (including phenoxy) is 3. The van der Waals surface area contributed by atoms with Crippen molar-refractivity contribution in [1.82, 2.24) is 0 Å². The largest absolute Gasteiger partial charge is 0.459 e. The van der Waals surface area contributed by atoms with Crippen LogP contribution in [0.15, 0.2) is 48.6 Å². The minimum Gasteiger partial charge on any atom is -0.459 e. The van der Waals surface area contributed by atoms with Gasteiger partial charge in [-0.1, -0.05) is 31.4 Å². The molecule has 0 aromatic heterocycles. The monoisotopic (exact) mass is 308 g/mol. The highest BCUT2D eigenvalue weighted by atomic mass is 16.6. The highest BCUT2D eigenvalue weighted by Crippen LogP contribution is 2.09. The Morgan fingerprint density at radius 1 is 1.14 bits per heavy atom. The fourth-order valence-electron chi connectivity index (χ4n) is 0.948. The van der Waals surface area contributed by atoms with Crippen LogP contribution in [0.1, 0.15) is 20.8 Å². The molecule has 5 nitrogen and oxygen atoms in total. The molecule has 0 aromatic carbocycles. The van der Waals surface area contributed by atoms with Crippen molar-refractivity contribution in [3.63, 3.8) is 0 Å². The molecule has 1 fully saturated rings. The minimum absolute atomic E-state index is 0.142. The fourth-order valence-corrected chi connectivity index (χ4v) is 0.948. The Balaban J connectivity index is 0.000000406. The van der Waals surface area contributed by atoms with E-state index in [1.54, 1.807) is 19.9 Å². The maximum atomic E-state index is 10.8.